The van der Waals surface area contributed by atoms with E-state index in [9.17, 15) is 15.0 Å². The lowest BCUT2D eigenvalue weighted by molar-refractivity contribution is 0.283. The van der Waals surface area contributed by atoms with E-state index in [1.165, 1.54) is 0 Å². The normalized spacial score (nSPS) is 14.8. The van der Waals surface area contributed by atoms with Gasteiger partial charge in [-0.2, -0.15) is 0 Å². The lowest BCUT2D eigenvalue weighted by Crippen LogP contribution is -2.47. The van der Waals surface area contributed by atoms with Gasteiger partial charge < -0.3 is 20.0 Å². The molecule has 0 spiro atoms. The number of hydrogen-bond donors (Lipinski definition) is 3. The van der Waals surface area contributed by atoms with Gasteiger partial charge in [0.1, 0.15) is 5.75 Å². The van der Waals surface area contributed by atoms with Crippen LogP contribution in [-0.4, -0.2) is 46.4 Å². The van der Waals surface area contributed by atoms with Gasteiger partial charge in [-0.1, -0.05) is 24.3 Å². The number of hydrogen-bond acceptors (Lipinski definition) is 6. The van der Waals surface area contributed by atoms with Crippen LogP contribution in [0.3, 0.4) is 0 Å². The lowest BCUT2D eigenvalue weighted by atomic mass is 10.1. The number of H-pyrrole nitrogens is 1. The first-order valence-electron chi connectivity index (χ1n) is 8.58. The van der Waals surface area contributed by atoms with Gasteiger partial charge in [0.2, 0.25) is 5.95 Å². The molecule has 0 saturated carbocycles. The molecule has 7 nitrogen and oxygen atoms in total. The molecule has 0 amide bonds. The Morgan fingerprint density at radius 2 is 1.73 bits per heavy atom. The van der Waals surface area contributed by atoms with Gasteiger partial charge in [-0.25, -0.2) is 4.98 Å². The molecule has 1 fully saturated rings. The van der Waals surface area contributed by atoms with Crippen molar-refractivity contribution < 1.29 is 10.2 Å². The third kappa shape index (κ3) is 2.86. The Morgan fingerprint density at radius 3 is 2.46 bits per heavy atom. The highest BCUT2D eigenvalue weighted by molar-refractivity contribution is 5.81. The maximum atomic E-state index is 12.4. The number of benzene rings is 2. The summed E-state index contributed by atoms with van der Waals surface area (Å²) >= 11 is 0. The molecule has 0 bridgehead atoms. The first kappa shape index (κ1) is 16.4. The van der Waals surface area contributed by atoms with E-state index in [-0.39, 0.29) is 17.9 Å². The number of anilines is 2. The molecule has 1 aliphatic rings. The molecule has 1 saturated heterocycles. The monoisotopic (exact) mass is 352 g/mol. The van der Waals surface area contributed by atoms with Gasteiger partial charge in [-0.05, 0) is 18.2 Å². The zero-order valence-electron chi connectivity index (χ0n) is 14.2. The molecule has 3 N–H and O–H groups in total. The Kier molecular flexibility index (Phi) is 4.22. The van der Waals surface area contributed by atoms with E-state index in [1.54, 1.807) is 30.3 Å². The van der Waals surface area contributed by atoms with Crippen molar-refractivity contribution in [3.63, 3.8) is 0 Å². The van der Waals surface area contributed by atoms with Crippen LogP contribution in [0.15, 0.2) is 47.3 Å². The molecule has 26 heavy (non-hydrogen) atoms. The number of nitrogens with one attached hydrogen (secondary N) is 1. The van der Waals surface area contributed by atoms with E-state index >= 15 is 0 Å². The van der Waals surface area contributed by atoms with Crippen molar-refractivity contribution in [1.82, 2.24) is 9.97 Å². The quantitative estimate of drug-likeness (QED) is 0.661. The molecule has 1 aliphatic heterocycles. The number of para-hydroxylation sites is 3. The van der Waals surface area contributed by atoms with Crippen LogP contribution in [-0.2, 0) is 6.61 Å². The van der Waals surface area contributed by atoms with E-state index in [4.69, 9.17) is 0 Å². The van der Waals surface area contributed by atoms with Crippen LogP contribution in [0, 0.1) is 0 Å². The number of aromatic hydroxyl groups is 1. The van der Waals surface area contributed by atoms with E-state index in [1.807, 2.05) is 17.0 Å². The maximum absolute atomic E-state index is 12.4. The van der Waals surface area contributed by atoms with Gasteiger partial charge in [-0.15, -0.1) is 0 Å². The van der Waals surface area contributed by atoms with Gasteiger partial charge in [0, 0.05) is 31.7 Å². The molecular formula is C19H20N4O3. The summed E-state index contributed by atoms with van der Waals surface area (Å²) < 4.78 is 0. The average molecular weight is 352 g/mol. The third-order valence-corrected chi connectivity index (χ3v) is 4.78. The fourth-order valence-electron chi connectivity index (χ4n) is 3.38. The smallest absolute Gasteiger partial charge is 0.260 e. The standard InChI is InChI=1S/C19H20N4O3/c24-12-13-4-3-5-14-17(13)20-19(21-18(14)26)23-10-8-22(9-11-23)15-6-1-2-7-16(15)25/h1-7,24-25H,8-12H2,(H,20,21,26). The molecule has 134 valence electrons. The minimum absolute atomic E-state index is 0.158. The van der Waals surface area contributed by atoms with Crippen LogP contribution >= 0.6 is 0 Å². The number of fused-ring (bicyclic) bond motifs is 1. The first-order valence-corrected chi connectivity index (χ1v) is 8.58. The van der Waals surface area contributed by atoms with Crippen LogP contribution < -0.4 is 15.4 Å². The van der Waals surface area contributed by atoms with E-state index < -0.39 is 0 Å². The van der Waals surface area contributed by atoms with Crippen LogP contribution in [0.25, 0.3) is 10.9 Å². The number of aliphatic hydroxyl groups excluding tert-OH is 1. The second-order valence-corrected chi connectivity index (χ2v) is 6.32. The Balaban J connectivity index is 1.60. The number of rotatable bonds is 3. The molecule has 0 unspecified atom stereocenters. The second kappa shape index (κ2) is 6.68. The summed E-state index contributed by atoms with van der Waals surface area (Å²) in [6, 6.07) is 12.5. The number of aliphatic hydroxyl groups is 1. The Hall–Kier alpha value is -3.06. The summed E-state index contributed by atoms with van der Waals surface area (Å²) in [5.41, 5.74) is 1.79. The third-order valence-electron chi connectivity index (χ3n) is 4.78. The summed E-state index contributed by atoms with van der Waals surface area (Å²) in [5.74, 6) is 0.783. The SMILES string of the molecule is O=c1[nH]c(N2CCN(c3ccccc3O)CC2)nc2c(CO)cccc12. The second-order valence-electron chi connectivity index (χ2n) is 6.32. The lowest BCUT2D eigenvalue weighted by Gasteiger charge is -2.36. The van der Waals surface area contributed by atoms with Gasteiger partial charge in [-0.3, -0.25) is 9.78 Å². The molecule has 2 heterocycles. The van der Waals surface area contributed by atoms with Crippen LogP contribution in [0.5, 0.6) is 5.75 Å². The van der Waals surface area contributed by atoms with Crippen molar-refractivity contribution >= 4 is 22.5 Å². The zero-order valence-corrected chi connectivity index (χ0v) is 14.2. The molecule has 0 aliphatic carbocycles. The Labute approximate surface area is 150 Å². The molecule has 2 aromatic carbocycles. The van der Waals surface area contributed by atoms with Gasteiger partial charge in [0.25, 0.3) is 5.56 Å². The van der Waals surface area contributed by atoms with Crippen molar-refractivity contribution in [3.05, 3.63) is 58.4 Å². The number of aromatic nitrogens is 2. The highest BCUT2D eigenvalue weighted by atomic mass is 16.3. The zero-order chi connectivity index (χ0) is 18.1. The molecule has 0 radical (unpaired) electrons. The van der Waals surface area contributed by atoms with Crippen molar-refractivity contribution in [2.75, 3.05) is 36.0 Å². The van der Waals surface area contributed by atoms with E-state index in [0.717, 1.165) is 5.69 Å². The maximum Gasteiger partial charge on any atom is 0.260 e. The van der Waals surface area contributed by atoms with E-state index in [0.29, 0.717) is 48.6 Å². The van der Waals surface area contributed by atoms with Crippen LogP contribution in [0.1, 0.15) is 5.56 Å². The fraction of sp³-hybridized carbons (Fsp3) is 0.263. The predicted octanol–water partition coefficient (Wildman–Crippen LogP) is 1.45. The van der Waals surface area contributed by atoms with Crippen molar-refractivity contribution in [2.45, 2.75) is 6.61 Å². The number of phenols is 1. The van der Waals surface area contributed by atoms with Crippen LogP contribution in [0.2, 0.25) is 0 Å². The predicted molar refractivity (Wildman–Crippen MR) is 101 cm³/mol. The van der Waals surface area contributed by atoms with Crippen molar-refractivity contribution in [2.24, 2.45) is 0 Å². The average Bonchev–Trinajstić information content (AvgIpc) is 2.68. The summed E-state index contributed by atoms with van der Waals surface area (Å²) in [7, 11) is 0. The van der Waals surface area contributed by atoms with Crippen LogP contribution in [0.4, 0.5) is 11.6 Å². The van der Waals surface area contributed by atoms with Gasteiger partial charge in [0.05, 0.1) is 23.2 Å². The highest BCUT2D eigenvalue weighted by Gasteiger charge is 2.21. The first-order chi connectivity index (χ1) is 12.7. The van der Waals surface area contributed by atoms with Crippen molar-refractivity contribution in [1.29, 1.82) is 0 Å². The molecule has 4 rings (SSSR count). The summed E-state index contributed by atoms with van der Waals surface area (Å²) in [6.45, 7) is 2.60. The molecule has 0 atom stereocenters. The number of nitrogens with zero attached hydrogens (tertiary/aromatic N) is 3. The summed E-state index contributed by atoms with van der Waals surface area (Å²) in [6.07, 6.45) is 0. The largest absolute Gasteiger partial charge is 0.506 e. The highest BCUT2D eigenvalue weighted by Crippen LogP contribution is 2.27. The minimum Gasteiger partial charge on any atom is -0.506 e. The van der Waals surface area contributed by atoms with Crippen molar-refractivity contribution in [3.8, 4) is 5.75 Å². The van der Waals surface area contributed by atoms with Gasteiger partial charge in [0.15, 0.2) is 0 Å². The summed E-state index contributed by atoms with van der Waals surface area (Å²) in [4.78, 5) is 24.0. The molecule has 1 aromatic heterocycles. The number of piperazine rings is 1. The number of aromatic amines is 1. The molecular weight excluding hydrogens is 332 g/mol. The molecule has 3 aromatic rings. The topological polar surface area (TPSA) is 92.7 Å². The summed E-state index contributed by atoms with van der Waals surface area (Å²) in [5, 5.41) is 20.0. The molecule has 7 heteroatoms. The fourth-order valence-corrected chi connectivity index (χ4v) is 3.38. The van der Waals surface area contributed by atoms with E-state index in [2.05, 4.69) is 14.9 Å². The number of phenolic OH excluding ortho intramolecular Hbond substituents is 1. The Bertz CT molecular complexity index is 993. The minimum atomic E-state index is -0.205. The van der Waals surface area contributed by atoms with Gasteiger partial charge >= 0.3 is 0 Å². The Morgan fingerprint density at radius 1 is 1.00 bits per heavy atom.